The first-order chi connectivity index (χ1) is 15.4. The number of esters is 1. The van der Waals surface area contributed by atoms with Crippen LogP contribution >= 0.6 is 22.9 Å². The third-order valence-electron chi connectivity index (χ3n) is 5.53. The van der Waals surface area contributed by atoms with Gasteiger partial charge in [0.1, 0.15) is 11.2 Å². The molecule has 0 bridgehead atoms. The third-order valence-corrected chi connectivity index (χ3v) is 6.67. The Morgan fingerprint density at radius 1 is 1.19 bits per heavy atom. The second kappa shape index (κ2) is 9.30. The molecule has 1 amide bonds. The van der Waals surface area contributed by atoms with Crippen molar-refractivity contribution in [3.63, 3.8) is 0 Å². The number of halogens is 1. The lowest BCUT2D eigenvalue weighted by Crippen LogP contribution is -2.46. The Hall–Kier alpha value is -2.91. The van der Waals surface area contributed by atoms with Gasteiger partial charge in [-0.05, 0) is 55.5 Å². The van der Waals surface area contributed by atoms with E-state index in [1.54, 1.807) is 47.5 Å². The number of amides is 1. The molecule has 1 aliphatic rings. The standard InChI is InChI=1S/C22H22ClN3O5S/c1-2-31-21(29)14-4-3-10-24(12-14)18(27)13-25-17-9-11-32-19(17)20(28)26(22(25)30)16-7-5-15(23)6-8-16/h5-9,11,14H,2-4,10,12-13H2,1H3/t14-/m1/s1. The molecule has 3 aromatic rings. The third kappa shape index (κ3) is 4.22. The summed E-state index contributed by atoms with van der Waals surface area (Å²) in [6.07, 6.45) is 1.35. The fraction of sp³-hybridized carbons (Fsp3) is 0.364. The summed E-state index contributed by atoms with van der Waals surface area (Å²) in [5.41, 5.74) is -0.245. The number of thiophene rings is 1. The van der Waals surface area contributed by atoms with Crippen LogP contribution in [0.25, 0.3) is 15.9 Å². The number of aromatic nitrogens is 2. The molecule has 1 fully saturated rings. The van der Waals surface area contributed by atoms with E-state index >= 15 is 0 Å². The molecule has 1 aromatic carbocycles. The summed E-state index contributed by atoms with van der Waals surface area (Å²) in [6, 6.07) is 8.04. The molecular weight excluding hydrogens is 454 g/mol. The summed E-state index contributed by atoms with van der Waals surface area (Å²) in [7, 11) is 0. The van der Waals surface area contributed by atoms with Crippen molar-refractivity contribution in [2.24, 2.45) is 5.92 Å². The number of carbonyl (C=O) groups excluding carboxylic acids is 2. The number of piperidine rings is 1. The lowest BCUT2D eigenvalue weighted by molar-refractivity contribution is -0.151. The molecule has 8 nitrogen and oxygen atoms in total. The van der Waals surface area contributed by atoms with Crippen LogP contribution in [0.3, 0.4) is 0 Å². The Morgan fingerprint density at radius 2 is 1.94 bits per heavy atom. The molecule has 0 unspecified atom stereocenters. The van der Waals surface area contributed by atoms with E-state index in [1.165, 1.54) is 15.9 Å². The lowest BCUT2D eigenvalue weighted by atomic mass is 9.98. The highest BCUT2D eigenvalue weighted by molar-refractivity contribution is 7.17. The van der Waals surface area contributed by atoms with E-state index in [4.69, 9.17) is 16.3 Å². The fourth-order valence-corrected chi connectivity index (χ4v) is 4.90. The average molecular weight is 476 g/mol. The van der Waals surface area contributed by atoms with Crippen molar-refractivity contribution in [1.82, 2.24) is 14.0 Å². The smallest absolute Gasteiger partial charge is 0.336 e. The van der Waals surface area contributed by atoms with Gasteiger partial charge in [0.2, 0.25) is 5.91 Å². The Bertz CT molecular complexity index is 1280. The molecule has 0 saturated carbocycles. The van der Waals surface area contributed by atoms with E-state index in [1.807, 2.05) is 0 Å². The molecule has 2 aromatic heterocycles. The molecule has 10 heteroatoms. The topological polar surface area (TPSA) is 90.6 Å². The zero-order valence-electron chi connectivity index (χ0n) is 17.5. The summed E-state index contributed by atoms with van der Waals surface area (Å²) in [5, 5.41) is 2.20. The van der Waals surface area contributed by atoms with E-state index in [0.29, 0.717) is 46.9 Å². The molecule has 0 spiro atoms. The van der Waals surface area contributed by atoms with Gasteiger partial charge in [0.25, 0.3) is 5.56 Å². The van der Waals surface area contributed by atoms with Crippen LogP contribution in [0.5, 0.6) is 0 Å². The summed E-state index contributed by atoms with van der Waals surface area (Å²) in [5.74, 6) is -0.956. The van der Waals surface area contributed by atoms with E-state index in [0.717, 1.165) is 4.57 Å². The highest BCUT2D eigenvalue weighted by Gasteiger charge is 2.30. The maximum Gasteiger partial charge on any atom is 0.336 e. The van der Waals surface area contributed by atoms with Crippen molar-refractivity contribution in [3.8, 4) is 5.69 Å². The first-order valence-corrected chi connectivity index (χ1v) is 11.6. The van der Waals surface area contributed by atoms with E-state index in [9.17, 15) is 19.2 Å². The van der Waals surface area contributed by atoms with Crippen LogP contribution in [0.4, 0.5) is 0 Å². The average Bonchev–Trinajstić information content (AvgIpc) is 3.28. The van der Waals surface area contributed by atoms with Gasteiger partial charge in [0.05, 0.1) is 23.7 Å². The van der Waals surface area contributed by atoms with Crippen LogP contribution in [0.2, 0.25) is 5.02 Å². The van der Waals surface area contributed by atoms with Gasteiger partial charge in [-0.15, -0.1) is 11.3 Å². The quantitative estimate of drug-likeness (QED) is 0.529. The predicted molar refractivity (Wildman–Crippen MR) is 123 cm³/mol. The molecule has 1 aliphatic heterocycles. The van der Waals surface area contributed by atoms with E-state index in [-0.39, 0.29) is 30.9 Å². The summed E-state index contributed by atoms with van der Waals surface area (Å²) >= 11 is 7.16. The SMILES string of the molecule is CCOC(=O)[C@@H]1CCCN(C(=O)Cn2c(=O)n(-c3ccc(Cl)cc3)c(=O)c3sccc32)C1. The number of nitrogens with zero attached hydrogens (tertiary/aromatic N) is 3. The van der Waals surface area contributed by atoms with Gasteiger partial charge >= 0.3 is 11.7 Å². The molecule has 4 rings (SSSR count). The minimum Gasteiger partial charge on any atom is -0.466 e. The fourth-order valence-electron chi connectivity index (χ4n) is 3.95. The van der Waals surface area contributed by atoms with Gasteiger partial charge in [-0.2, -0.15) is 0 Å². The second-order valence-corrected chi connectivity index (χ2v) is 8.90. The highest BCUT2D eigenvalue weighted by atomic mass is 35.5. The van der Waals surface area contributed by atoms with Gasteiger partial charge in [0, 0.05) is 18.1 Å². The Kier molecular flexibility index (Phi) is 6.48. The van der Waals surface area contributed by atoms with Gasteiger partial charge < -0.3 is 9.64 Å². The number of hydrogen-bond acceptors (Lipinski definition) is 6. The molecule has 0 aliphatic carbocycles. The van der Waals surface area contributed by atoms with Crippen molar-refractivity contribution in [2.75, 3.05) is 19.7 Å². The molecule has 0 N–H and O–H groups in total. The Morgan fingerprint density at radius 3 is 2.66 bits per heavy atom. The number of ether oxygens (including phenoxy) is 1. The summed E-state index contributed by atoms with van der Waals surface area (Å²) in [4.78, 5) is 53.1. The molecule has 1 saturated heterocycles. The second-order valence-electron chi connectivity index (χ2n) is 7.55. The lowest BCUT2D eigenvalue weighted by Gasteiger charge is -2.31. The molecule has 0 radical (unpaired) electrons. The van der Waals surface area contributed by atoms with Crippen molar-refractivity contribution >= 4 is 45.0 Å². The van der Waals surface area contributed by atoms with Gasteiger partial charge in [-0.3, -0.25) is 19.0 Å². The van der Waals surface area contributed by atoms with Crippen LogP contribution in [0.15, 0.2) is 45.3 Å². The maximum absolute atomic E-state index is 13.3. The number of hydrogen-bond donors (Lipinski definition) is 0. The number of fused-ring (bicyclic) bond motifs is 1. The monoisotopic (exact) mass is 475 g/mol. The molecule has 1 atom stereocenters. The minimum absolute atomic E-state index is 0.227. The summed E-state index contributed by atoms with van der Waals surface area (Å²) < 4.78 is 7.86. The summed E-state index contributed by atoms with van der Waals surface area (Å²) in [6.45, 7) is 2.58. The first kappa shape index (κ1) is 22.3. The number of carbonyl (C=O) groups is 2. The normalized spacial score (nSPS) is 16.3. The van der Waals surface area contributed by atoms with Crippen LogP contribution in [-0.2, 0) is 20.9 Å². The van der Waals surface area contributed by atoms with Gasteiger partial charge in [-0.25, -0.2) is 9.36 Å². The van der Waals surface area contributed by atoms with Crippen LogP contribution in [-0.4, -0.2) is 45.6 Å². The van der Waals surface area contributed by atoms with Crippen molar-refractivity contribution in [2.45, 2.75) is 26.3 Å². The highest BCUT2D eigenvalue weighted by Crippen LogP contribution is 2.20. The van der Waals surface area contributed by atoms with Gasteiger partial charge in [0.15, 0.2) is 0 Å². The molecule has 32 heavy (non-hydrogen) atoms. The number of benzene rings is 1. The van der Waals surface area contributed by atoms with Crippen molar-refractivity contribution < 1.29 is 14.3 Å². The van der Waals surface area contributed by atoms with Gasteiger partial charge in [-0.1, -0.05) is 11.6 Å². The van der Waals surface area contributed by atoms with Crippen molar-refractivity contribution in [3.05, 3.63) is 61.6 Å². The Balaban J connectivity index is 1.69. The molecule has 3 heterocycles. The van der Waals surface area contributed by atoms with Crippen LogP contribution < -0.4 is 11.2 Å². The molecular formula is C22H22ClN3O5S. The largest absolute Gasteiger partial charge is 0.466 e. The van der Waals surface area contributed by atoms with Crippen LogP contribution in [0.1, 0.15) is 19.8 Å². The van der Waals surface area contributed by atoms with Crippen molar-refractivity contribution in [1.29, 1.82) is 0 Å². The van der Waals surface area contributed by atoms with Crippen LogP contribution in [0, 0.1) is 5.92 Å². The number of likely N-dealkylation sites (tertiary alicyclic amines) is 1. The van der Waals surface area contributed by atoms with E-state index < -0.39 is 11.2 Å². The Labute approximate surface area is 192 Å². The number of rotatable bonds is 5. The first-order valence-electron chi connectivity index (χ1n) is 10.3. The minimum atomic E-state index is -0.601. The van der Waals surface area contributed by atoms with E-state index in [2.05, 4.69) is 0 Å². The maximum atomic E-state index is 13.3. The predicted octanol–water partition coefficient (Wildman–Crippen LogP) is 2.67. The zero-order chi connectivity index (χ0) is 22.8. The molecule has 168 valence electrons. The zero-order valence-corrected chi connectivity index (χ0v) is 19.0.